The van der Waals surface area contributed by atoms with Crippen LogP contribution in [-0.4, -0.2) is 31.7 Å². The molecule has 0 aliphatic rings. The first-order valence-corrected chi connectivity index (χ1v) is 9.43. The molecule has 5 nitrogen and oxygen atoms in total. The predicted octanol–water partition coefficient (Wildman–Crippen LogP) is 4.41. The summed E-state index contributed by atoms with van der Waals surface area (Å²) >= 11 is 0. The molecule has 2 aromatic heterocycles. The molecule has 0 aliphatic carbocycles. The molecule has 0 amide bonds. The number of rotatable bonds is 6. The number of hydrogen-bond acceptors (Lipinski definition) is 4. The van der Waals surface area contributed by atoms with Gasteiger partial charge in [-0.1, -0.05) is 24.3 Å². The highest BCUT2D eigenvalue weighted by Gasteiger charge is 2.15. The van der Waals surface area contributed by atoms with E-state index in [4.69, 9.17) is 5.10 Å². The molecule has 0 unspecified atom stereocenters. The number of aromatic nitrogens is 4. The number of benzene rings is 2. The van der Waals surface area contributed by atoms with E-state index < -0.39 is 0 Å². The summed E-state index contributed by atoms with van der Waals surface area (Å²) in [5.74, 6) is -0.272. The summed E-state index contributed by atoms with van der Waals surface area (Å²) in [6.45, 7) is 3.36. The van der Waals surface area contributed by atoms with Crippen molar-refractivity contribution in [2.24, 2.45) is 0 Å². The third-order valence-corrected chi connectivity index (χ3v) is 4.64. The molecule has 0 saturated carbocycles. The van der Waals surface area contributed by atoms with Crippen molar-refractivity contribution in [3.8, 4) is 16.9 Å². The van der Waals surface area contributed by atoms with Crippen LogP contribution in [-0.2, 0) is 13.1 Å². The van der Waals surface area contributed by atoms with Gasteiger partial charge in [-0.15, -0.1) is 0 Å². The Morgan fingerprint density at radius 3 is 2.66 bits per heavy atom. The van der Waals surface area contributed by atoms with Crippen LogP contribution >= 0.6 is 0 Å². The summed E-state index contributed by atoms with van der Waals surface area (Å²) in [6.07, 6.45) is 7.14. The first-order valence-electron chi connectivity index (χ1n) is 9.43. The maximum absolute atomic E-state index is 13.9. The third-order valence-electron chi connectivity index (χ3n) is 4.64. The zero-order valence-electron chi connectivity index (χ0n) is 16.5. The van der Waals surface area contributed by atoms with Gasteiger partial charge in [0, 0.05) is 49.0 Å². The summed E-state index contributed by atoms with van der Waals surface area (Å²) in [6, 6.07) is 14.7. The molecule has 4 rings (SSSR count). The molecule has 0 atom stereocenters. The van der Waals surface area contributed by atoms with Gasteiger partial charge in [0.25, 0.3) is 0 Å². The van der Waals surface area contributed by atoms with E-state index in [2.05, 4.69) is 33.9 Å². The van der Waals surface area contributed by atoms with Crippen molar-refractivity contribution in [2.75, 3.05) is 7.05 Å². The van der Waals surface area contributed by atoms with Gasteiger partial charge in [0.2, 0.25) is 0 Å². The van der Waals surface area contributed by atoms with Crippen LogP contribution < -0.4 is 0 Å². The topological polar surface area (TPSA) is 46.8 Å². The van der Waals surface area contributed by atoms with E-state index in [1.54, 1.807) is 24.7 Å². The van der Waals surface area contributed by atoms with Gasteiger partial charge < -0.3 is 0 Å². The molecule has 0 aliphatic heterocycles. The van der Waals surface area contributed by atoms with Crippen LogP contribution in [0.4, 0.5) is 4.39 Å². The van der Waals surface area contributed by atoms with Crippen molar-refractivity contribution in [2.45, 2.75) is 20.0 Å². The maximum atomic E-state index is 13.9. The Hall–Kier alpha value is -3.38. The van der Waals surface area contributed by atoms with Crippen LogP contribution in [0.3, 0.4) is 0 Å². The number of aryl methyl sites for hydroxylation is 1. The fraction of sp³-hybridized carbons (Fsp3) is 0.174. The highest BCUT2D eigenvalue weighted by Crippen LogP contribution is 2.26. The largest absolute Gasteiger partial charge is 0.296 e. The summed E-state index contributed by atoms with van der Waals surface area (Å²) in [7, 11) is 2.02. The molecule has 4 aromatic rings. The van der Waals surface area contributed by atoms with Crippen molar-refractivity contribution in [3.05, 3.63) is 96.0 Å². The first-order chi connectivity index (χ1) is 14.1. The number of hydrogen-bond donors (Lipinski definition) is 0. The second-order valence-electron chi connectivity index (χ2n) is 7.17. The lowest BCUT2D eigenvalue weighted by atomic mass is 10.1. The van der Waals surface area contributed by atoms with Gasteiger partial charge in [0.15, 0.2) is 0 Å². The number of nitrogens with zero attached hydrogens (tertiary/aromatic N) is 5. The van der Waals surface area contributed by atoms with E-state index in [0.29, 0.717) is 13.1 Å². The summed E-state index contributed by atoms with van der Waals surface area (Å²) in [5.41, 5.74) is 5.59. The van der Waals surface area contributed by atoms with Gasteiger partial charge in [0.1, 0.15) is 5.82 Å². The lowest BCUT2D eigenvalue weighted by Crippen LogP contribution is -2.18. The molecule has 6 heteroatoms. The quantitative estimate of drug-likeness (QED) is 0.492. The molecule has 0 radical (unpaired) electrons. The number of halogens is 1. The SMILES string of the molecule is Cc1cccc(-n2cc(CN(C)Cc3cnccn3)c(-c3cccc(F)c3)n2)c1. The van der Waals surface area contributed by atoms with Gasteiger partial charge in [-0.3, -0.25) is 14.9 Å². The standard InChI is InChI=1S/C23H22FN5/c1-17-5-3-8-22(11-17)29-15-19(14-28(2)16-21-13-25-9-10-26-21)23(27-29)18-6-4-7-20(24)12-18/h3-13,15H,14,16H2,1-2H3. The highest BCUT2D eigenvalue weighted by atomic mass is 19.1. The van der Waals surface area contributed by atoms with E-state index in [1.807, 2.05) is 36.1 Å². The normalized spacial score (nSPS) is 11.2. The second kappa shape index (κ2) is 8.32. The molecule has 146 valence electrons. The average molecular weight is 387 g/mol. The minimum absolute atomic E-state index is 0.272. The van der Waals surface area contributed by atoms with Crippen LogP contribution in [0, 0.1) is 12.7 Å². The van der Waals surface area contributed by atoms with E-state index in [0.717, 1.165) is 33.8 Å². The Bertz CT molecular complexity index is 1110. The Balaban J connectivity index is 1.69. The van der Waals surface area contributed by atoms with Gasteiger partial charge >= 0.3 is 0 Å². The highest BCUT2D eigenvalue weighted by molar-refractivity contribution is 5.63. The van der Waals surface area contributed by atoms with Crippen LogP contribution in [0.25, 0.3) is 16.9 Å². The minimum atomic E-state index is -0.272. The summed E-state index contributed by atoms with van der Waals surface area (Å²) in [5, 5.41) is 4.79. The van der Waals surface area contributed by atoms with Crippen molar-refractivity contribution in [3.63, 3.8) is 0 Å². The zero-order valence-corrected chi connectivity index (χ0v) is 16.5. The van der Waals surface area contributed by atoms with Crippen molar-refractivity contribution in [1.82, 2.24) is 24.6 Å². The minimum Gasteiger partial charge on any atom is -0.296 e. The van der Waals surface area contributed by atoms with Crippen molar-refractivity contribution in [1.29, 1.82) is 0 Å². The Labute approximate surface area is 169 Å². The van der Waals surface area contributed by atoms with Crippen LogP contribution in [0.15, 0.2) is 73.3 Å². The van der Waals surface area contributed by atoms with E-state index in [-0.39, 0.29) is 5.82 Å². The maximum Gasteiger partial charge on any atom is 0.123 e. The van der Waals surface area contributed by atoms with E-state index in [1.165, 1.54) is 12.1 Å². The predicted molar refractivity (Wildman–Crippen MR) is 111 cm³/mol. The molecule has 2 heterocycles. The molecule has 2 aromatic carbocycles. The molecule has 0 spiro atoms. The van der Waals surface area contributed by atoms with Gasteiger partial charge in [-0.25, -0.2) is 9.07 Å². The van der Waals surface area contributed by atoms with Gasteiger partial charge in [-0.05, 0) is 43.8 Å². The lowest BCUT2D eigenvalue weighted by Gasteiger charge is -2.15. The van der Waals surface area contributed by atoms with E-state index in [9.17, 15) is 4.39 Å². The first kappa shape index (κ1) is 19.0. The molecule has 0 saturated heterocycles. The molecular formula is C23H22FN5. The van der Waals surface area contributed by atoms with Gasteiger partial charge in [0.05, 0.1) is 17.1 Å². The van der Waals surface area contributed by atoms with Crippen LogP contribution in [0.1, 0.15) is 16.8 Å². The van der Waals surface area contributed by atoms with E-state index >= 15 is 0 Å². The molecule has 29 heavy (non-hydrogen) atoms. The molecule has 0 bridgehead atoms. The fourth-order valence-corrected chi connectivity index (χ4v) is 3.34. The molecular weight excluding hydrogens is 365 g/mol. The Morgan fingerprint density at radius 1 is 1.03 bits per heavy atom. The van der Waals surface area contributed by atoms with Crippen LogP contribution in [0.5, 0.6) is 0 Å². The molecule has 0 fully saturated rings. The Kier molecular flexibility index (Phi) is 5.44. The lowest BCUT2D eigenvalue weighted by molar-refractivity contribution is 0.315. The second-order valence-corrected chi connectivity index (χ2v) is 7.17. The van der Waals surface area contributed by atoms with Crippen molar-refractivity contribution < 1.29 is 4.39 Å². The van der Waals surface area contributed by atoms with Gasteiger partial charge in [-0.2, -0.15) is 5.10 Å². The summed E-state index contributed by atoms with van der Waals surface area (Å²) in [4.78, 5) is 10.6. The fourth-order valence-electron chi connectivity index (χ4n) is 3.34. The van der Waals surface area contributed by atoms with Crippen molar-refractivity contribution >= 4 is 0 Å². The zero-order chi connectivity index (χ0) is 20.2. The Morgan fingerprint density at radius 2 is 1.90 bits per heavy atom. The summed E-state index contributed by atoms with van der Waals surface area (Å²) < 4.78 is 15.7. The average Bonchev–Trinajstić information content (AvgIpc) is 3.12. The van der Waals surface area contributed by atoms with Crippen LogP contribution in [0.2, 0.25) is 0 Å². The smallest absolute Gasteiger partial charge is 0.123 e. The monoisotopic (exact) mass is 387 g/mol. The third kappa shape index (κ3) is 4.55. The molecule has 0 N–H and O–H groups in total.